The number of phenols is 1. The SMILES string of the molecule is Cc1cccc(C(C)C)c1NC(=O)C(C)Sc1nnnn1-c1ccc(O)cc1. The molecule has 1 heterocycles. The average molecular weight is 398 g/mol. The van der Waals surface area contributed by atoms with Crippen LogP contribution in [0.1, 0.15) is 37.8 Å². The number of hydrogen-bond donors (Lipinski definition) is 2. The number of aromatic nitrogens is 4. The first-order valence-electron chi connectivity index (χ1n) is 9.01. The molecule has 0 spiro atoms. The molecule has 1 atom stereocenters. The van der Waals surface area contributed by atoms with Crippen LogP contribution in [0.25, 0.3) is 5.69 Å². The van der Waals surface area contributed by atoms with Crippen LogP contribution in [0, 0.1) is 6.92 Å². The van der Waals surface area contributed by atoms with Gasteiger partial charge in [-0.1, -0.05) is 43.8 Å². The first-order chi connectivity index (χ1) is 13.4. The normalized spacial score (nSPS) is 12.2. The molecule has 28 heavy (non-hydrogen) atoms. The molecule has 8 heteroatoms. The number of hydrogen-bond acceptors (Lipinski definition) is 6. The van der Waals surface area contributed by atoms with Gasteiger partial charge in [-0.3, -0.25) is 4.79 Å². The van der Waals surface area contributed by atoms with Gasteiger partial charge < -0.3 is 10.4 Å². The summed E-state index contributed by atoms with van der Waals surface area (Å²) in [4.78, 5) is 12.8. The molecule has 0 aliphatic carbocycles. The minimum Gasteiger partial charge on any atom is -0.508 e. The van der Waals surface area contributed by atoms with E-state index in [1.165, 1.54) is 11.8 Å². The molecule has 0 aliphatic heterocycles. The van der Waals surface area contributed by atoms with Gasteiger partial charge in [0.1, 0.15) is 5.75 Å². The third-order valence-corrected chi connectivity index (χ3v) is 5.39. The van der Waals surface area contributed by atoms with E-state index in [2.05, 4.69) is 34.7 Å². The van der Waals surface area contributed by atoms with Crippen molar-refractivity contribution in [3.63, 3.8) is 0 Å². The van der Waals surface area contributed by atoms with Crippen LogP contribution in [-0.2, 0) is 4.79 Å². The van der Waals surface area contributed by atoms with Crippen molar-refractivity contribution in [1.29, 1.82) is 0 Å². The highest BCUT2D eigenvalue weighted by molar-refractivity contribution is 8.00. The topological polar surface area (TPSA) is 92.9 Å². The van der Waals surface area contributed by atoms with Gasteiger partial charge in [0.05, 0.1) is 10.9 Å². The number of carbonyl (C=O) groups excluding carboxylic acids is 1. The molecule has 0 fully saturated rings. The quantitative estimate of drug-likeness (QED) is 0.613. The minimum atomic E-state index is -0.401. The molecule has 0 aliphatic rings. The van der Waals surface area contributed by atoms with Gasteiger partial charge in [-0.2, -0.15) is 4.68 Å². The fourth-order valence-corrected chi connectivity index (χ4v) is 3.59. The van der Waals surface area contributed by atoms with Crippen molar-refractivity contribution in [3.05, 3.63) is 53.6 Å². The van der Waals surface area contributed by atoms with E-state index in [1.54, 1.807) is 28.9 Å². The van der Waals surface area contributed by atoms with Gasteiger partial charge >= 0.3 is 0 Å². The van der Waals surface area contributed by atoms with Crippen molar-refractivity contribution < 1.29 is 9.90 Å². The van der Waals surface area contributed by atoms with Gasteiger partial charge in [0.25, 0.3) is 0 Å². The number of aryl methyl sites for hydroxylation is 1. The Morgan fingerprint density at radius 1 is 1.14 bits per heavy atom. The summed E-state index contributed by atoms with van der Waals surface area (Å²) in [5, 5.41) is 24.3. The maximum absolute atomic E-state index is 12.8. The van der Waals surface area contributed by atoms with E-state index >= 15 is 0 Å². The molecule has 0 saturated carbocycles. The van der Waals surface area contributed by atoms with E-state index in [0.29, 0.717) is 16.8 Å². The number of anilines is 1. The third-order valence-electron chi connectivity index (χ3n) is 4.36. The Morgan fingerprint density at radius 3 is 2.54 bits per heavy atom. The van der Waals surface area contributed by atoms with Crippen LogP contribution in [0.4, 0.5) is 5.69 Å². The van der Waals surface area contributed by atoms with E-state index in [0.717, 1.165) is 16.8 Å². The van der Waals surface area contributed by atoms with E-state index in [4.69, 9.17) is 0 Å². The molecule has 0 bridgehead atoms. The van der Waals surface area contributed by atoms with Crippen molar-refractivity contribution in [2.45, 2.75) is 44.0 Å². The zero-order chi connectivity index (χ0) is 20.3. The molecule has 1 amide bonds. The van der Waals surface area contributed by atoms with Crippen LogP contribution < -0.4 is 5.32 Å². The van der Waals surface area contributed by atoms with Crippen molar-refractivity contribution >= 4 is 23.4 Å². The summed E-state index contributed by atoms with van der Waals surface area (Å²) >= 11 is 1.28. The van der Waals surface area contributed by atoms with Crippen LogP contribution in [0.15, 0.2) is 47.6 Å². The monoisotopic (exact) mass is 397 g/mol. The summed E-state index contributed by atoms with van der Waals surface area (Å²) in [6, 6.07) is 12.6. The number of benzene rings is 2. The number of phenolic OH excluding ortho intramolecular Hbond substituents is 1. The molecular formula is C20H23N5O2S. The molecule has 146 valence electrons. The fourth-order valence-electron chi connectivity index (χ4n) is 2.79. The van der Waals surface area contributed by atoms with Gasteiger partial charge in [0.2, 0.25) is 11.1 Å². The molecule has 2 N–H and O–H groups in total. The van der Waals surface area contributed by atoms with Crippen molar-refractivity contribution in [2.75, 3.05) is 5.32 Å². The van der Waals surface area contributed by atoms with Gasteiger partial charge in [-0.15, -0.1) is 5.10 Å². The zero-order valence-corrected chi connectivity index (χ0v) is 17.1. The predicted molar refractivity (Wildman–Crippen MR) is 110 cm³/mol. The first-order valence-corrected chi connectivity index (χ1v) is 9.89. The Bertz CT molecular complexity index is 969. The summed E-state index contributed by atoms with van der Waals surface area (Å²) < 4.78 is 1.54. The first kappa shape index (κ1) is 19.9. The molecule has 0 saturated heterocycles. The Kier molecular flexibility index (Phi) is 5.99. The van der Waals surface area contributed by atoms with Crippen molar-refractivity contribution in [1.82, 2.24) is 20.2 Å². The van der Waals surface area contributed by atoms with Gasteiger partial charge in [-0.25, -0.2) is 0 Å². The highest BCUT2D eigenvalue weighted by atomic mass is 32.2. The highest BCUT2D eigenvalue weighted by Crippen LogP contribution is 2.29. The molecule has 1 aromatic heterocycles. The lowest BCUT2D eigenvalue weighted by molar-refractivity contribution is -0.115. The number of aromatic hydroxyl groups is 1. The smallest absolute Gasteiger partial charge is 0.237 e. The lowest BCUT2D eigenvalue weighted by Crippen LogP contribution is -2.24. The number of nitrogens with zero attached hydrogens (tertiary/aromatic N) is 4. The van der Waals surface area contributed by atoms with E-state index in [1.807, 2.05) is 32.0 Å². The largest absolute Gasteiger partial charge is 0.508 e. The van der Waals surface area contributed by atoms with Crippen LogP contribution in [0.2, 0.25) is 0 Å². The summed E-state index contributed by atoms with van der Waals surface area (Å²) in [6.07, 6.45) is 0. The second-order valence-corrected chi connectivity index (χ2v) is 8.14. The third kappa shape index (κ3) is 4.33. The summed E-state index contributed by atoms with van der Waals surface area (Å²) in [6.45, 7) is 8.02. The number of para-hydroxylation sites is 1. The predicted octanol–water partition coefficient (Wildman–Crippen LogP) is 3.92. The number of tetrazole rings is 1. The number of rotatable bonds is 6. The molecule has 3 rings (SSSR count). The van der Waals surface area contributed by atoms with E-state index in [9.17, 15) is 9.90 Å². The van der Waals surface area contributed by atoms with Crippen molar-refractivity contribution in [2.24, 2.45) is 0 Å². The average Bonchev–Trinajstić information content (AvgIpc) is 3.11. The van der Waals surface area contributed by atoms with Crippen LogP contribution in [0.3, 0.4) is 0 Å². The lowest BCUT2D eigenvalue weighted by atomic mass is 9.98. The maximum atomic E-state index is 12.8. The lowest BCUT2D eigenvalue weighted by Gasteiger charge is -2.18. The Morgan fingerprint density at radius 2 is 1.86 bits per heavy atom. The Labute approximate surface area is 168 Å². The molecule has 0 radical (unpaired) electrons. The zero-order valence-electron chi connectivity index (χ0n) is 16.2. The molecule has 7 nitrogen and oxygen atoms in total. The molecule has 1 unspecified atom stereocenters. The second kappa shape index (κ2) is 8.43. The number of thioether (sulfide) groups is 1. The minimum absolute atomic E-state index is 0.110. The van der Waals surface area contributed by atoms with Gasteiger partial charge in [0, 0.05) is 5.69 Å². The second-order valence-electron chi connectivity index (χ2n) is 6.83. The van der Waals surface area contributed by atoms with E-state index in [-0.39, 0.29) is 11.7 Å². The Hall–Kier alpha value is -2.87. The maximum Gasteiger partial charge on any atom is 0.237 e. The highest BCUT2D eigenvalue weighted by Gasteiger charge is 2.21. The summed E-state index contributed by atoms with van der Waals surface area (Å²) in [5.74, 6) is 0.361. The van der Waals surface area contributed by atoms with Gasteiger partial charge in [-0.05, 0) is 65.6 Å². The summed E-state index contributed by atoms with van der Waals surface area (Å²) in [7, 11) is 0. The molecule has 3 aromatic rings. The van der Waals surface area contributed by atoms with Crippen LogP contribution in [-0.4, -0.2) is 36.5 Å². The van der Waals surface area contributed by atoms with Crippen LogP contribution >= 0.6 is 11.8 Å². The number of nitrogens with one attached hydrogen (secondary N) is 1. The fraction of sp³-hybridized carbons (Fsp3) is 0.300. The standard InChI is InChI=1S/C20H23N5O2S/c1-12(2)17-7-5-6-13(3)18(17)21-19(27)14(4)28-20-22-23-24-25(20)15-8-10-16(26)11-9-15/h5-12,14,26H,1-4H3,(H,21,27). The molecular weight excluding hydrogens is 374 g/mol. The van der Waals surface area contributed by atoms with Crippen molar-refractivity contribution in [3.8, 4) is 11.4 Å². The summed E-state index contributed by atoms with van der Waals surface area (Å²) in [5.41, 5.74) is 3.72. The van der Waals surface area contributed by atoms with E-state index < -0.39 is 5.25 Å². The number of carbonyl (C=O) groups is 1. The molecule has 2 aromatic carbocycles. The Balaban J connectivity index is 1.76. The number of amides is 1. The van der Waals surface area contributed by atoms with Crippen LogP contribution in [0.5, 0.6) is 5.75 Å². The van der Waals surface area contributed by atoms with Gasteiger partial charge in [0.15, 0.2) is 0 Å².